The van der Waals surface area contributed by atoms with Crippen molar-refractivity contribution in [1.82, 2.24) is 9.78 Å². The molecular weight excluding hydrogens is 198 g/mol. The second-order valence-corrected chi connectivity index (χ2v) is 5.05. The van der Waals surface area contributed by atoms with Crippen molar-refractivity contribution in [2.45, 2.75) is 58.5 Å². The van der Waals surface area contributed by atoms with Crippen molar-refractivity contribution < 1.29 is 0 Å². The first-order valence-corrected chi connectivity index (χ1v) is 6.58. The minimum absolute atomic E-state index is 0.659. The quantitative estimate of drug-likeness (QED) is 0.827. The third-order valence-corrected chi connectivity index (χ3v) is 3.49. The van der Waals surface area contributed by atoms with Gasteiger partial charge in [0.25, 0.3) is 0 Å². The van der Waals surface area contributed by atoms with Gasteiger partial charge in [0.15, 0.2) is 0 Å². The van der Waals surface area contributed by atoms with Crippen molar-refractivity contribution >= 4 is 5.82 Å². The maximum Gasteiger partial charge on any atom is 0.124 e. The number of rotatable bonds is 5. The fourth-order valence-corrected chi connectivity index (χ4v) is 2.49. The van der Waals surface area contributed by atoms with Crippen LogP contribution >= 0.6 is 0 Å². The first-order chi connectivity index (χ1) is 7.79. The molecule has 2 unspecified atom stereocenters. The Morgan fingerprint density at radius 1 is 1.50 bits per heavy atom. The molecule has 1 N–H and O–H groups in total. The van der Waals surface area contributed by atoms with E-state index in [2.05, 4.69) is 35.0 Å². The molecule has 0 bridgehead atoms. The third-order valence-electron chi connectivity index (χ3n) is 3.49. The number of hydrogen-bond acceptors (Lipinski definition) is 2. The minimum Gasteiger partial charge on any atom is -0.368 e. The van der Waals surface area contributed by atoms with Crippen LogP contribution in [0.5, 0.6) is 0 Å². The van der Waals surface area contributed by atoms with Gasteiger partial charge in [0.2, 0.25) is 0 Å². The number of aromatic nitrogens is 2. The van der Waals surface area contributed by atoms with Crippen molar-refractivity contribution in [3.63, 3.8) is 0 Å². The molecule has 2 rings (SSSR count). The number of hydrogen-bond donors (Lipinski definition) is 1. The largest absolute Gasteiger partial charge is 0.368 e. The average Bonchev–Trinajstić information content (AvgIpc) is 2.86. The Hall–Kier alpha value is -0.990. The van der Waals surface area contributed by atoms with E-state index in [0.29, 0.717) is 6.04 Å². The summed E-state index contributed by atoms with van der Waals surface area (Å²) in [6, 6.07) is 2.76. The van der Waals surface area contributed by atoms with Crippen LogP contribution in [-0.2, 0) is 6.54 Å². The van der Waals surface area contributed by atoms with Crippen molar-refractivity contribution in [2.24, 2.45) is 5.92 Å². The maximum atomic E-state index is 4.37. The highest BCUT2D eigenvalue weighted by Gasteiger charge is 2.21. The molecule has 1 aliphatic rings. The first-order valence-electron chi connectivity index (χ1n) is 6.58. The second-order valence-electron chi connectivity index (χ2n) is 5.05. The van der Waals surface area contributed by atoms with Crippen molar-refractivity contribution in [3.05, 3.63) is 12.3 Å². The topological polar surface area (TPSA) is 29.9 Å². The lowest BCUT2D eigenvalue weighted by atomic mass is 10.1. The SMILES string of the molecule is CCCCn1nccc1NC1CCC(C)C1. The molecule has 1 heterocycles. The van der Waals surface area contributed by atoms with Gasteiger partial charge < -0.3 is 5.32 Å². The number of aryl methyl sites for hydroxylation is 1. The molecule has 1 aliphatic carbocycles. The Balaban J connectivity index is 1.90. The fourth-order valence-electron chi connectivity index (χ4n) is 2.49. The van der Waals surface area contributed by atoms with Gasteiger partial charge in [-0.1, -0.05) is 20.3 Å². The van der Waals surface area contributed by atoms with Gasteiger partial charge in [-0.05, 0) is 31.6 Å². The van der Waals surface area contributed by atoms with Crippen molar-refractivity contribution in [1.29, 1.82) is 0 Å². The fraction of sp³-hybridized carbons (Fsp3) is 0.769. The van der Waals surface area contributed by atoms with Crippen LogP contribution in [0.1, 0.15) is 46.0 Å². The Kier molecular flexibility index (Phi) is 3.86. The summed E-state index contributed by atoms with van der Waals surface area (Å²) in [4.78, 5) is 0. The van der Waals surface area contributed by atoms with Gasteiger partial charge in [0.05, 0.1) is 6.20 Å². The number of unbranched alkanes of at least 4 members (excludes halogenated alkanes) is 1. The molecule has 0 aromatic carbocycles. The van der Waals surface area contributed by atoms with Crippen molar-refractivity contribution in [3.8, 4) is 0 Å². The maximum absolute atomic E-state index is 4.37. The zero-order valence-corrected chi connectivity index (χ0v) is 10.4. The van der Waals surface area contributed by atoms with E-state index < -0.39 is 0 Å². The van der Waals surface area contributed by atoms with Crippen LogP contribution in [0.4, 0.5) is 5.82 Å². The summed E-state index contributed by atoms with van der Waals surface area (Å²) in [5, 5.41) is 8.00. The third kappa shape index (κ3) is 2.77. The highest BCUT2D eigenvalue weighted by atomic mass is 15.3. The smallest absolute Gasteiger partial charge is 0.124 e. The molecule has 3 heteroatoms. The number of nitrogens with zero attached hydrogens (tertiary/aromatic N) is 2. The molecule has 0 spiro atoms. The summed E-state index contributed by atoms with van der Waals surface area (Å²) in [6.45, 7) is 5.60. The zero-order chi connectivity index (χ0) is 11.4. The zero-order valence-electron chi connectivity index (χ0n) is 10.4. The summed E-state index contributed by atoms with van der Waals surface area (Å²) >= 11 is 0. The van der Waals surface area contributed by atoms with Crippen LogP contribution in [0.2, 0.25) is 0 Å². The van der Waals surface area contributed by atoms with E-state index in [1.807, 2.05) is 6.20 Å². The van der Waals surface area contributed by atoms with E-state index in [-0.39, 0.29) is 0 Å². The van der Waals surface area contributed by atoms with Crippen molar-refractivity contribution in [2.75, 3.05) is 5.32 Å². The molecule has 1 aromatic rings. The molecule has 2 atom stereocenters. The van der Waals surface area contributed by atoms with Crippen LogP contribution in [0.15, 0.2) is 12.3 Å². The Morgan fingerprint density at radius 3 is 3.06 bits per heavy atom. The van der Waals surface area contributed by atoms with E-state index >= 15 is 0 Å². The van der Waals surface area contributed by atoms with E-state index in [9.17, 15) is 0 Å². The van der Waals surface area contributed by atoms with Gasteiger partial charge in [-0.25, -0.2) is 4.68 Å². The summed E-state index contributed by atoms with van der Waals surface area (Å²) in [7, 11) is 0. The standard InChI is InChI=1S/C13H23N3/c1-3-4-9-16-13(7-8-14-16)15-12-6-5-11(2)10-12/h7-8,11-12,15H,3-6,9-10H2,1-2H3. The summed E-state index contributed by atoms with van der Waals surface area (Å²) in [5.41, 5.74) is 0. The number of anilines is 1. The first kappa shape index (κ1) is 11.5. The molecule has 3 nitrogen and oxygen atoms in total. The molecule has 16 heavy (non-hydrogen) atoms. The van der Waals surface area contributed by atoms with Gasteiger partial charge in [-0.3, -0.25) is 0 Å². The Morgan fingerprint density at radius 2 is 2.38 bits per heavy atom. The van der Waals surface area contributed by atoms with Crippen LogP contribution < -0.4 is 5.32 Å². The Labute approximate surface area is 98.2 Å². The Bertz CT molecular complexity index is 319. The van der Waals surface area contributed by atoms with E-state index in [1.165, 1.54) is 37.9 Å². The monoisotopic (exact) mass is 221 g/mol. The molecule has 0 aliphatic heterocycles. The molecular formula is C13H23N3. The molecule has 1 aromatic heterocycles. The van der Waals surface area contributed by atoms with E-state index in [0.717, 1.165) is 12.5 Å². The van der Waals surface area contributed by atoms with Crippen LogP contribution in [0.25, 0.3) is 0 Å². The highest BCUT2D eigenvalue weighted by molar-refractivity contribution is 5.35. The van der Waals surface area contributed by atoms with E-state index in [1.54, 1.807) is 0 Å². The summed E-state index contributed by atoms with van der Waals surface area (Å²) in [6.07, 6.45) is 8.30. The predicted molar refractivity (Wildman–Crippen MR) is 67.6 cm³/mol. The van der Waals surface area contributed by atoms with Crippen LogP contribution in [0.3, 0.4) is 0 Å². The lowest BCUT2D eigenvalue weighted by Gasteiger charge is -2.15. The molecule has 90 valence electrons. The summed E-state index contributed by atoms with van der Waals surface area (Å²) in [5.74, 6) is 2.08. The van der Waals surface area contributed by atoms with Gasteiger partial charge in [0, 0.05) is 18.7 Å². The van der Waals surface area contributed by atoms with E-state index in [4.69, 9.17) is 0 Å². The molecule has 1 saturated carbocycles. The molecule has 0 radical (unpaired) electrons. The molecule has 0 amide bonds. The molecule has 1 fully saturated rings. The predicted octanol–water partition coefficient (Wildman–Crippen LogP) is 3.28. The van der Waals surface area contributed by atoms with Gasteiger partial charge in [-0.15, -0.1) is 0 Å². The van der Waals surface area contributed by atoms with Gasteiger partial charge >= 0.3 is 0 Å². The lowest BCUT2D eigenvalue weighted by molar-refractivity contribution is 0.566. The van der Waals surface area contributed by atoms with Crippen LogP contribution in [0, 0.1) is 5.92 Å². The summed E-state index contributed by atoms with van der Waals surface area (Å²) < 4.78 is 2.10. The lowest BCUT2D eigenvalue weighted by Crippen LogP contribution is -2.18. The van der Waals surface area contributed by atoms with Crippen LogP contribution in [-0.4, -0.2) is 15.8 Å². The average molecular weight is 221 g/mol. The number of nitrogens with one attached hydrogen (secondary N) is 1. The van der Waals surface area contributed by atoms with Gasteiger partial charge in [-0.2, -0.15) is 5.10 Å². The highest BCUT2D eigenvalue weighted by Crippen LogP contribution is 2.27. The van der Waals surface area contributed by atoms with Gasteiger partial charge in [0.1, 0.15) is 5.82 Å². The molecule has 0 saturated heterocycles. The normalized spacial score (nSPS) is 24.9. The minimum atomic E-state index is 0.659. The second kappa shape index (κ2) is 5.37.